The lowest BCUT2D eigenvalue weighted by molar-refractivity contribution is -0.110. The normalized spacial score (nSPS) is 18.5. The molecule has 4 rings (SSSR count). The minimum atomic E-state index is -0.0735. The van der Waals surface area contributed by atoms with Crippen molar-refractivity contribution in [3.05, 3.63) is 46.4 Å². The minimum absolute atomic E-state index is 0.0735. The van der Waals surface area contributed by atoms with Gasteiger partial charge in [0.05, 0.1) is 5.57 Å². The Balaban J connectivity index is 1.82. The van der Waals surface area contributed by atoms with Crippen molar-refractivity contribution in [3.8, 4) is 0 Å². The Bertz CT molecular complexity index is 770. The molecule has 0 saturated heterocycles. The zero-order chi connectivity index (χ0) is 14.4. The van der Waals surface area contributed by atoms with Crippen molar-refractivity contribution >= 4 is 23.4 Å². The summed E-state index contributed by atoms with van der Waals surface area (Å²) in [4.78, 5) is 19.9. The van der Waals surface area contributed by atoms with Gasteiger partial charge in [-0.2, -0.15) is 0 Å². The van der Waals surface area contributed by atoms with Crippen molar-refractivity contribution in [2.75, 3.05) is 5.32 Å². The molecule has 0 atom stereocenters. The van der Waals surface area contributed by atoms with Gasteiger partial charge in [0.15, 0.2) is 0 Å². The molecule has 106 valence electrons. The van der Waals surface area contributed by atoms with E-state index in [1.54, 1.807) is 6.20 Å². The molecule has 0 aromatic carbocycles. The van der Waals surface area contributed by atoms with Gasteiger partial charge in [0, 0.05) is 23.1 Å². The SMILES string of the molecule is Cc1c(C=C2C(=O)Nc3ncccc32)[nH]c2c1CCCC2. The van der Waals surface area contributed by atoms with Crippen LogP contribution in [0.3, 0.4) is 0 Å². The molecular formula is C17H17N3O. The van der Waals surface area contributed by atoms with Crippen LogP contribution in [0.4, 0.5) is 5.82 Å². The van der Waals surface area contributed by atoms with E-state index in [2.05, 4.69) is 22.2 Å². The van der Waals surface area contributed by atoms with Crippen molar-refractivity contribution in [3.63, 3.8) is 0 Å². The lowest BCUT2D eigenvalue weighted by Crippen LogP contribution is -2.04. The fourth-order valence-electron chi connectivity index (χ4n) is 3.33. The van der Waals surface area contributed by atoms with Gasteiger partial charge in [-0.25, -0.2) is 4.98 Å². The van der Waals surface area contributed by atoms with Gasteiger partial charge in [-0.05, 0) is 61.9 Å². The van der Waals surface area contributed by atoms with Gasteiger partial charge >= 0.3 is 0 Å². The number of amides is 1. The Morgan fingerprint density at radius 2 is 2.14 bits per heavy atom. The largest absolute Gasteiger partial charge is 0.358 e. The summed E-state index contributed by atoms with van der Waals surface area (Å²) in [6.07, 6.45) is 8.43. The van der Waals surface area contributed by atoms with Crippen LogP contribution in [0.15, 0.2) is 18.3 Å². The van der Waals surface area contributed by atoms with Gasteiger partial charge in [-0.1, -0.05) is 0 Å². The standard InChI is InChI=1S/C17H17N3O/c1-10-11-5-2-3-7-14(11)19-15(10)9-13-12-6-4-8-18-16(12)20-17(13)21/h4,6,8-9,19H,2-3,5,7H2,1H3,(H,18,20,21). The first-order chi connectivity index (χ1) is 10.2. The Morgan fingerprint density at radius 1 is 1.29 bits per heavy atom. The van der Waals surface area contributed by atoms with Crippen LogP contribution in [0.1, 0.15) is 40.9 Å². The quantitative estimate of drug-likeness (QED) is 0.788. The van der Waals surface area contributed by atoms with Gasteiger partial charge < -0.3 is 10.3 Å². The lowest BCUT2D eigenvalue weighted by Gasteiger charge is -2.10. The molecule has 0 bridgehead atoms. The Labute approximate surface area is 123 Å². The molecule has 2 aliphatic rings. The molecule has 0 unspecified atom stereocenters. The molecule has 1 aliphatic heterocycles. The van der Waals surface area contributed by atoms with Crippen LogP contribution in [0, 0.1) is 6.92 Å². The molecule has 2 aromatic heterocycles. The van der Waals surface area contributed by atoms with E-state index in [1.807, 2.05) is 18.2 Å². The summed E-state index contributed by atoms with van der Waals surface area (Å²) in [6.45, 7) is 2.14. The van der Waals surface area contributed by atoms with Gasteiger partial charge in [-0.3, -0.25) is 4.79 Å². The molecule has 4 heteroatoms. The summed E-state index contributed by atoms with van der Waals surface area (Å²) in [5.74, 6) is 0.582. The Hall–Kier alpha value is -2.36. The first-order valence-corrected chi connectivity index (χ1v) is 7.43. The Morgan fingerprint density at radius 3 is 3.00 bits per heavy atom. The second-order valence-electron chi connectivity index (χ2n) is 5.74. The van der Waals surface area contributed by atoms with E-state index in [1.165, 1.54) is 29.7 Å². The van der Waals surface area contributed by atoms with Gasteiger partial charge in [-0.15, -0.1) is 0 Å². The maximum Gasteiger partial charge on any atom is 0.257 e. The zero-order valence-corrected chi connectivity index (χ0v) is 12.0. The molecule has 0 saturated carbocycles. The van der Waals surface area contributed by atoms with E-state index in [-0.39, 0.29) is 5.91 Å². The summed E-state index contributed by atoms with van der Waals surface area (Å²) in [5.41, 5.74) is 6.70. The number of rotatable bonds is 1. The van der Waals surface area contributed by atoms with E-state index >= 15 is 0 Å². The van der Waals surface area contributed by atoms with Gasteiger partial charge in [0.2, 0.25) is 0 Å². The van der Waals surface area contributed by atoms with E-state index in [0.717, 1.165) is 24.1 Å². The number of carbonyl (C=O) groups is 1. The Kier molecular flexibility index (Phi) is 2.70. The fraction of sp³-hybridized carbons (Fsp3) is 0.294. The smallest absolute Gasteiger partial charge is 0.257 e. The predicted octanol–water partition coefficient (Wildman–Crippen LogP) is 3.09. The van der Waals surface area contributed by atoms with E-state index in [0.29, 0.717) is 11.4 Å². The van der Waals surface area contributed by atoms with Crippen molar-refractivity contribution in [1.82, 2.24) is 9.97 Å². The topological polar surface area (TPSA) is 57.8 Å². The second-order valence-corrected chi connectivity index (χ2v) is 5.74. The number of hydrogen-bond donors (Lipinski definition) is 2. The van der Waals surface area contributed by atoms with Crippen LogP contribution in [-0.2, 0) is 17.6 Å². The average Bonchev–Trinajstić information content (AvgIpc) is 2.99. The minimum Gasteiger partial charge on any atom is -0.358 e. The molecule has 4 nitrogen and oxygen atoms in total. The van der Waals surface area contributed by atoms with Gasteiger partial charge in [0.1, 0.15) is 5.82 Å². The third-order valence-electron chi connectivity index (χ3n) is 4.47. The molecule has 3 heterocycles. The molecule has 1 aliphatic carbocycles. The molecule has 1 amide bonds. The van der Waals surface area contributed by atoms with Crippen LogP contribution in [0.2, 0.25) is 0 Å². The number of aromatic amines is 1. The summed E-state index contributed by atoms with van der Waals surface area (Å²) >= 11 is 0. The summed E-state index contributed by atoms with van der Waals surface area (Å²) in [6, 6.07) is 3.80. The van der Waals surface area contributed by atoms with Crippen molar-refractivity contribution < 1.29 is 4.79 Å². The number of carbonyl (C=O) groups excluding carboxylic acids is 1. The number of H-pyrrole nitrogens is 1. The maximum atomic E-state index is 12.2. The van der Waals surface area contributed by atoms with Crippen LogP contribution in [-0.4, -0.2) is 15.9 Å². The number of fused-ring (bicyclic) bond motifs is 2. The molecule has 21 heavy (non-hydrogen) atoms. The van der Waals surface area contributed by atoms with Crippen molar-refractivity contribution in [2.24, 2.45) is 0 Å². The monoisotopic (exact) mass is 279 g/mol. The van der Waals surface area contributed by atoms with Crippen LogP contribution in [0.5, 0.6) is 0 Å². The number of nitrogens with zero attached hydrogens (tertiary/aromatic N) is 1. The van der Waals surface area contributed by atoms with Gasteiger partial charge in [0.25, 0.3) is 5.91 Å². The number of nitrogens with one attached hydrogen (secondary N) is 2. The third kappa shape index (κ3) is 1.90. The highest BCUT2D eigenvalue weighted by molar-refractivity contribution is 6.34. The first kappa shape index (κ1) is 12.4. The highest BCUT2D eigenvalue weighted by Crippen LogP contribution is 2.33. The lowest BCUT2D eigenvalue weighted by atomic mass is 9.95. The molecule has 2 aromatic rings. The predicted molar refractivity (Wildman–Crippen MR) is 82.9 cm³/mol. The second kappa shape index (κ2) is 4.58. The van der Waals surface area contributed by atoms with E-state index in [4.69, 9.17) is 0 Å². The maximum absolute atomic E-state index is 12.2. The molecule has 0 spiro atoms. The van der Waals surface area contributed by atoms with Crippen molar-refractivity contribution in [1.29, 1.82) is 0 Å². The third-order valence-corrected chi connectivity index (χ3v) is 4.47. The average molecular weight is 279 g/mol. The summed E-state index contributed by atoms with van der Waals surface area (Å²) in [5, 5.41) is 2.82. The van der Waals surface area contributed by atoms with E-state index in [9.17, 15) is 4.79 Å². The fourth-order valence-corrected chi connectivity index (χ4v) is 3.33. The molecule has 2 N–H and O–H groups in total. The molecule has 0 fully saturated rings. The first-order valence-electron chi connectivity index (χ1n) is 7.43. The number of anilines is 1. The molecular weight excluding hydrogens is 262 g/mol. The van der Waals surface area contributed by atoms with Crippen molar-refractivity contribution in [2.45, 2.75) is 32.6 Å². The van der Waals surface area contributed by atoms with Crippen LogP contribution < -0.4 is 5.32 Å². The summed E-state index contributed by atoms with van der Waals surface area (Å²) in [7, 11) is 0. The number of pyridine rings is 1. The zero-order valence-electron chi connectivity index (χ0n) is 12.0. The summed E-state index contributed by atoms with van der Waals surface area (Å²) < 4.78 is 0. The molecule has 0 radical (unpaired) electrons. The highest BCUT2D eigenvalue weighted by atomic mass is 16.2. The van der Waals surface area contributed by atoms with Crippen LogP contribution >= 0.6 is 0 Å². The van der Waals surface area contributed by atoms with Crippen LogP contribution in [0.25, 0.3) is 11.6 Å². The number of aromatic nitrogens is 2. The number of hydrogen-bond acceptors (Lipinski definition) is 2. The highest BCUT2D eigenvalue weighted by Gasteiger charge is 2.26. The number of aryl methyl sites for hydroxylation is 1. The van der Waals surface area contributed by atoms with E-state index < -0.39 is 0 Å².